The number of aromatic nitrogens is 1. The Morgan fingerprint density at radius 3 is 2.59 bits per heavy atom. The number of halogens is 1. The standard InChI is InChI=1S/C22H22ClN3O/c23-19-10-4-2-8-16(19)14-25-21-17-9-3-5-11-20(17)24-15-18(21)22(27)26-12-6-1-7-13-26/h2-5,8-11,15H,1,6-7,12-14H2,(H,24,25). The molecule has 5 heteroatoms. The van der Waals surface area contributed by atoms with Gasteiger partial charge >= 0.3 is 0 Å². The number of fused-ring (bicyclic) bond motifs is 1. The molecule has 0 atom stereocenters. The normalized spacial score (nSPS) is 14.3. The number of carbonyl (C=O) groups excluding carboxylic acids is 1. The minimum atomic E-state index is 0.0506. The van der Waals surface area contributed by atoms with E-state index in [1.165, 1.54) is 6.42 Å². The van der Waals surface area contributed by atoms with Crippen LogP contribution in [0.25, 0.3) is 10.9 Å². The molecule has 4 nitrogen and oxygen atoms in total. The Morgan fingerprint density at radius 1 is 1.04 bits per heavy atom. The zero-order valence-electron chi connectivity index (χ0n) is 15.1. The molecule has 1 fully saturated rings. The number of para-hydroxylation sites is 1. The van der Waals surface area contributed by atoms with Crippen LogP contribution in [-0.2, 0) is 6.54 Å². The molecular formula is C22H22ClN3O. The molecular weight excluding hydrogens is 358 g/mol. The van der Waals surface area contributed by atoms with Crippen LogP contribution in [-0.4, -0.2) is 28.9 Å². The maximum atomic E-state index is 13.2. The predicted molar refractivity (Wildman–Crippen MR) is 110 cm³/mol. The molecule has 3 aromatic rings. The fourth-order valence-corrected chi connectivity index (χ4v) is 3.79. The number of hydrogen-bond acceptors (Lipinski definition) is 3. The molecule has 1 aromatic heterocycles. The number of benzene rings is 2. The third kappa shape index (κ3) is 3.76. The van der Waals surface area contributed by atoms with Crippen molar-refractivity contribution in [3.63, 3.8) is 0 Å². The molecule has 138 valence electrons. The molecule has 2 heterocycles. The maximum absolute atomic E-state index is 13.2. The van der Waals surface area contributed by atoms with E-state index in [-0.39, 0.29) is 5.91 Å². The van der Waals surface area contributed by atoms with Crippen LogP contribution in [0.4, 0.5) is 5.69 Å². The van der Waals surface area contributed by atoms with Crippen LogP contribution >= 0.6 is 11.6 Å². The van der Waals surface area contributed by atoms with Gasteiger partial charge in [0.1, 0.15) is 0 Å². The van der Waals surface area contributed by atoms with E-state index in [2.05, 4.69) is 10.3 Å². The van der Waals surface area contributed by atoms with Crippen molar-refractivity contribution in [3.05, 3.63) is 70.9 Å². The van der Waals surface area contributed by atoms with Gasteiger partial charge in [-0.1, -0.05) is 48.0 Å². The number of rotatable bonds is 4. The average Bonchev–Trinajstić information content (AvgIpc) is 2.73. The highest BCUT2D eigenvalue weighted by Gasteiger charge is 2.22. The summed E-state index contributed by atoms with van der Waals surface area (Å²) in [5.41, 5.74) is 3.32. The molecule has 27 heavy (non-hydrogen) atoms. The van der Waals surface area contributed by atoms with Gasteiger partial charge in [-0.2, -0.15) is 0 Å². The SMILES string of the molecule is O=C(c1cnc2ccccc2c1NCc1ccccc1Cl)N1CCCCC1. The molecule has 1 N–H and O–H groups in total. The van der Waals surface area contributed by atoms with Gasteiger partial charge in [0.15, 0.2) is 0 Å². The van der Waals surface area contributed by atoms with Crippen LogP contribution in [0.3, 0.4) is 0 Å². The smallest absolute Gasteiger partial charge is 0.257 e. The molecule has 0 radical (unpaired) electrons. The van der Waals surface area contributed by atoms with Gasteiger partial charge in [-0.25, -0.2) is 0 Å². The van der Waals surface area contributed by atoms with Crippen LogP contribution < -0.4 is 5.32 Å². The van der Waals surface area contributed by atoms with Crippen molar-refractivity contribution in [2.75, 3.05) is 18.4 Å². The van der Waals surface area contributed by atoms with Crippen LogP contribution in [0.5, 0.6) is 0 Å². The van der Waals surface area contributed by atoms with Crippen molar-refractivity contribution in [2.45, 2.75) is 25.8 Å². The number of amides is 1. The summed E-state index contributed by atoms with van der Waals surface area (Å²) >= 11 is 6.31. The van der Waals surface area contributed by atoms with Gasteiger partial charge in [-0.15, -0.1) is 0 Å². The number of anilines is 1. The first-order valence-corrected chi connectivity index (χ1v) is 9.76. The fourth-order valence-electron chi connectivity index (χ4n) is 3.59. The first-order valence-electron chi connectivity index (χ1n) is 9.38. The zero-order chi connectivity index (χ0) is 18.6. The molecule has 1 amide bonds. The lowest BCUT2D eigenvalue weighted by Crippen LogP contribution is -2.36. The highest BCUT2D eigenvalue weighted by molar-refractivity contribution is 6.31. The Hall–Kier alpha value is -2.59. The number of likely N-dealkylation sites (tertiary alicyclic amines) is 1. The summed E-state index contributed by atoms with van der Waals surface area (Å²) in [4.78, 5) is 19.6. The Kier molecular flexibility index (Phi) is 5.26. The summed E-state index contributed by atoms with van der Waals surface area (Å²) in [6.45, 7) is 2.18. The van der Waals surface area contributed by atoms with Gasteiger partial charge in [0.2, 0.25) is 0 Å². The first-order chi connectivity index (χ1) is 13.2. The molecule has 0 unspecified atom stereocenters. The van der Waals surface area contributed by atoms with E-state index >= 15 is 0 Å². The van der Waals surface area contributed by atoms with Crippen LogP contribution in [0.1, 0.15) is 35.2 Å². The fraction of sp³-hybridized carbons (Fsp3) is 0.273. The quantitative estimate of drug-likeness (QED) is 0.683. The lowest BCUT2D eigenvalue weighted by Gasteiger charge is -2.27. The van der Waals surface area contributed by atoms with E-state index in [0.717, 1.165) is 48.1 Å². The van der Waals surface area contributed by atoms with E-state index in [0.29, 0.717) is 17.1 Å². The Labute approximate surface area is 164 Å². The lowest BCUT2D eigenvalue weighted by atomic mass is 10.1. The van der Waals surface area contributed by atoms with Gasteiger partial charge in [0.05, 0.1) is 16.8 Å². The lowest BCUT2D eigenvalue weighted by molar-refractivity contribution is 0.0725. The van der Waals surface area contributed by atoms with Crippen molar-refractivity contribution >= 4 is 34.1 Å². The van der Waals surface area contributed by atoms with Crippen molar-refractivity contribution in [3.8, 4) is 0 Å². The molecule has 1 aliphatic rings. The Balaban J connectivity index is 1.71. The topological polar surface area (TPSA) is 45.2 Å². The molecule has 1 aliphatic heterocycles. The zero-order valence-corrected chi connectivity index (χ0v) is 15.9. The maximum Gasteiger partial charge on any atom is 0.257 e. The van der Waals surface area contributed by atoms with E-state index < -0.39 is 0 Å². The third-order valence-corrected chi connectivity index (χ3v) is 5.43. The van der Waals surface area contributed by atoms with Crippen LogP contribution in [0.2, 0.25) is 5.02 Å². The molecule has 2 aromatic carbocycles. The van der Waals surface area contributed by atoms with Crippen molar-refractivity contribution in [1.29, 1.82) is 0 Å². The molecule has 0 aliphatic carbocycles. The van der Waals surface area contributed by atoms with Gasteiger partial charge in [0.25, 0.3) is 5.91 Å². The summed E-state index contributed by atoms with van der Waals surface area (Å²) in [6.07, 6.45) is 5.02. The monoisotopic (exact) mass is 379 g/mol. The summed E-state index contributed by atoms with van der Waals surface area (Å²) in [6, 6.07) is 15.6. The van der Waals surface area contributed by atoms with Crippen molar-refractivity contribution < 1.29 is 4.79 Å². The van der Waals surface area contributed by atoms with Crippen LogP contribution in [0, 0.1) is 0 Å². The van der Waals surface area contributed by atoms with E-state index in [4.69, 9.17) is 11.6 Å². The van der Waals surface area contributed by atoms with Gasteiger partial charge in [-0.05, 0) is 37.0 Å². The summed E-state index contributed by atoms with van der Waals surface area (Å²) in [5, 5.41) is 5.13. The summed E-state index contributed by atoms with van der Waals surface area (Å²) in [5.74, 6) is 0.0506. The highest BCUT2D eigenvalue weighted by atomic mass is 35.5. The molecule has 0 spiro atoms. The van der Waals surface area contributed by atoms with E-state index in [9.17, 15) is 4.79 Å². The minimum absolute atomic E-state index is 0.0506. The molecule has 0 saturated carbocycles. The number of nitrogens with zero attached hydrogens (tertiary/aromatic N) is 2. The predicted octanol–water partition coefficient (Wildman–Crippen LogP) is 5.13. The van der Waals surface area contributed by atoms with Crippen molar-refractivity contribution in [2.24, 2.45) is 0 Å². The largest absolute Gasteiger partial charge is 0.380 e. The summed E-state index contributed by atoms with van der Waals surface area (Å²) < 4.78 is 0. The number of piperidine rings is 1. The number of carbonyl (C=O) groups is 1. The van der Waals surface area contributed by atoms with Crippen molar-refractivity contribution in [1.82, 2.24) is 9.88 Å². The second-order valence-electron chi connectivity index (χ2n) is 6.86. The second kappa shape index (κ2) is 7.97. The summed E-state index contributed by atoms with van der Waals surface area (Å²) in [7, 11) is 0. The molecule has 4 rings (SSSR count). The van der Waals surface area contributed by atoms with Crippen LogP contribution in [0.15, 0.2) is 54.7 Å². The number of hydrogen-bond donors (Lipinski definition) is 1. The number of nitrogens with one attached hydrogen (secondary N) is 1. The number of pyridine rings is 1. The Bertz CT molecular complexity index is 967. The van der Waals surface area contributed by atoms with Gasteiger partial charge in [0, 0.05) is 36.2 Å². The second-order valence-corrected chi connectivity index (χ2v) is 7.27. The van der Waals surface area contributed by atoms with E-state index in [1.807, 2.05) is 53.4 Å². The minimum Gasteiger partial charge on any atom is -0.380 e. The highest BCUT2D eigenvalue weighted by Crippen LogP contribution is 2.29. The van der Waals surface area contributed by atoms with E-state index in [1.54, 1.807) is 6.20 Å². The average molecular weight is 380 g/mol. The van der Waals surface area contributed by atoms with Gasteiger partial charge < -0.3 is 10.2 Å². The third-order valence-electron chi connectivity index (χ3n) is 5.06. The first kappa shape index (κ1) is 17.8. The van der Waals surface area contributed by atoms with Gasteiger partial charge in [-0.3, -0.25) is 9.78 Å². The molecule has 1 saturated heterocycles. The Morgan fingerprint density at radius 2 is 1.78 bits per heavy atom. The molecule has 0 bridgehead atoms.